The molecule has 0 rings (SSSR count). The van der Waals surface area contributed by atoms with E-state index in [1.807, 2.05) is 0 Å². The van der Waals surface area contributed by atoms with Gasteiger partial charge in [0.25, 0.3) is 0 Å². The minimum Gasteiger partial charge on any atom is -0.351 e. The van der Waals surface area contributed by atoms with Crippen LogP contribution in [0.5, 0.6) is 0 Å². The van der Waals surface area contributed by atoms with Crippen molar-refractivity contribution in [2.24, 2.45) is 4.99 Å². The van der Waals surface area contributed by atoms with Gasteiger partial charge in [-0.15, -0.1) is 0 Å². The van der Waals surface area contributed by atoms with E-state index in [1.165, 1.54) is 6.20 Å². The molecule has 1 N–H and O–H groups in total. The smallest absolute Gasteiger partial charge is 0.127 e. The van der Waals surface area contributed by atoms with Gasteiger partial charge in [-0.25, -0.2) is 0 Å². The second kappa shape index (κ2) is 5.03. The van der Waals surface area contributed by atoms with E-state index in [-0.39, 0.29) is 0 Å². The lowest BCUT2D eigenvalue weighted by molar-refractivity contribution is -0.106. The Morgan fingerprint density at radius 3 is 2.89 bits per heavy atom. The highest BCUT2D eigenvalue weighted by molar-refractivity contribution is 5.92. The summed E-state index contributed by atoms with van der Waals surface area (Å²) in [6, 6.07) is 0. The number of nitrogens with one attached hydrogen (secondary N) is 1. The van der Waals surface area contributed by atoms with Crippen LogP contribution >= 0.6 is 0 Å². The number of aldehydes is 1. The Bertz CT molecular complexity index is 117. The highest BCUT2D eigenvalue weighted by Gasteiger charge is 1.89. The van der Waals surface area contributed by atoms with Gasteiger partial charge in [0.05, 0.1) is 6.42 Å². The summed E-state index contributed by atoms with van der Waals surface area (Å²) in [4.78, 5) is 13.7. The van der Waals surface area contributed by atoms with E-state index < -0.39 is 0 Å². The van der Waals surface area contributed by atoms with Crippen molar-refractivity contribution in [3.63, 3.8) is 0 Å². The average Bonchev–Trinajstić information content (AvgIpc) is 1.88. The predicted molar refractivity (Wildman–Crippen MR) is 37.4 cm³/mol. The van der Waals surface area contributed by atoms with E-state index in [0.717, 1.165) is 6.29 Å². The minimum atomic E-state index is 0.322. The van der Waals surface area contributed by atoms with Gasteiger partial charge in [0, 0.05) is 7.05 Å². The minimum absolute atomic E-state index is 0.322. The third kappa shape index (κ3) is 3.46. The van der Waals surface area contributed by atoms with E-state index in [9.17, 15) is 4.79 Å². The molecule has 0 saturated carbocycles. The molecule has 0 aromatic heterocycles. The van der Waals surface area contributed by atoms with Crippen LogP contribution in [0, 0.1) is 0 Å². The van der Waals surface area contributed by atoms with Crippen molar-refractivity contribution >= 4 is 12.1 Å². The van der Waals surface area contributed by atoms with Crippen LogP contribution in [-0.2, 0) is 4.79 Å². The molecule has 0 aliphatic carbocycles. The van der Waals surface area contributed by atoms with Gasteiger partial charge in [-0.05, 0) is 6.20 Å². The van der Waals surface area contributed by atoms with Crippen molar-refractivity contribution in [1.29, 1.82) is 0 Å². The Kier molecular flexibility index (Phi) is 4.40. The van der Waals surface area contributed by atoms with Gasteiger partial charge >= 0.3 is 0 Å². The Labute approximate surface area is 54.5 Å². The van der Waals surface area contributed by atoms with E-state index >= 15 is 0 Å². The molecule has 0 aliphatic heterocycles. The third-order valence-electron chi connectivity index (χ3n) is 0.815. The Balaban J connectivity index is 3.68. The van der Waals surface area contributed by atoms with Crippen molar-refractivity contribution in [3.8, 4) is 0 Å². The Morgan fingerprint density at radius 1 is 1.89 bits per heavy atom. The average molecular weight is 126 g/mol. The fourth-order valence-electron chi connectivity index (χ4n) is 0.412. The number of nitrogens with zero attached hydrogens (tertiary/aromatic N) is 1. The number of aliphatic imine (C=N–C) groups is 1. The monoisotopic (exact) mass is 126 g/mol. The normalized spacial score (nSPS) is 10.6. The molecule has 0 saturated heterocycles. The van der Waals surface area contributed by atoms with E-state index in [2.05, 4.69) is 16.9 Å². The van der Waals surface area contributed by atoms with Crippen LogP contribution in [-0.4, -0.2) is 19.2 Å². The molecule has 0 spiro atoms. The highest BCUT2D eigenvalue weighted by atomic mass is 16.1. The molecule has 0 heterocycles. The lowest BCUT2D eigenvalue weighted by atomic mass is 10.4. The molecule has 3 nitrogen and oxygen atoms in total. The number of carbonyl (C=O) groups is 1. The van der Waals surface area contributed by atoms with Crippen LogP contribution in [0.2, 0.25) is 0 Å². The molecule has 0 unspecified atom stereocenters. The van der Waals surface area contributed by atoms with Gasteiger partial charge < -0.3 is 10.1 Å². The van der Waals surface area contributed by atoms with Gasteiger partial charge in [-0.2, -0.15) is 0 Å². The molecule has 0 amide bonds. The molecular weight excluding hydrogens is 116 g/mol. The zero-order valence-electron chi connectivity index (χ0n) is 5.42. The van der Waals surface area contributed by atoms with Crippen molar-refractivity contribution in [2.75, 3.05) is 7.05 Å². The lowest BCUT2D eigenvalue weighted by Gasteiger charge is -1.97. The van der Waals surface area contributed by atoms with Crippen molar-refractivity contribution in [2.45, 2.75) is 6.42 Å². The Hall–Kier alpha value is -1.12. The fraction of sp³-hybridized carbons (Fsp3) is 0.333. The standard InChI is InChI=1S/C6H10N2O/c1-3-8-6(7-2)4-5-9/h3,5H,1,4H2,2H3,(H,7,8). The number of carbonyl (C=O) groups excluding carboxylic acids is 1. The molecule has 50 valence electrons. The number of amidine groups is 1. The first-order chi connectivity index (χ1) is 4.35. The van der Waals surface area contributed by atoms with Crippen LogP contribution in [0.4, 0.5) is 0 Å². The molecule has 0 fully saturated rings. The second-order valence-electron chi connectivity index (χ2n) is 1.39. The maximum absolute atomic E-state index is 9.89. The van der Waals surface area contributed by atoms with Crippen molar-refractivity contribution in [3.05, 3.63) is 12.8 Å². The van der Waals surface area contributed by atoms with Gasteiger partial charge in [0.2, 0.25) is 0 Å². The first-order valence-electron chi connectivity index (χ1n) is 2.62. The Morgan fingerprint density at radius 2 is 2.56 bits per heavy atom. The number of hydrogen-bond acceptors (Lipinski definition) is 2. The molecule has 0 aromatic carbocycles. The lowest BCUT2D eigenvalue weighted by Crippen LogP contribution is -2.16. The maximum atomic E-state index is 9.89. The molecular formula is C6H10N2O. The van der Waals surface area contributed by atoms with Gasteiger partial charge in [0.1, 0.15) is 12.1 Å². The first-order valence-corrected chi connectivity index (χ1v) is 2.62. The summed E-state index contributed by atoms with van der Waals surface area (Å²) in [5.74, 6) is 0.639. The van der Waals surface area contributed by atoms with Crippen molar-refractivity contribution in [1.82, 2.24) is 5.32 Å². The van der Waals surface area contributed by atoms with E-state index in [1.54, 1.807) is 7.05 Å². The number of rotatable bonds is 3. The second-order valence-corrected chi connectivity index (χ2v) is 1.39. The SMILES string of the molecule is C=CNC(CC=O)=NC. The molecule has 0 aliphatic rings. The third-order valence-corrected chi connectivity index (χ3v) is 0.815. The van der Waals surface area contributed by atoms with Crippen LogP contribution in [0.3, 0.4) is 0 Å². The molecule has 0 aromatic rings. The fourth-order valence-corrected chi connectivity index (χ4v) is 0.412. The quantitative estimate of drug-likeness (QED) is 0.336. The molecule has 0 bridgehead atoms. The zero-order chi connectivity index (χ0) is 7.11. The predicted octanol–water partition coefficient (Wildman–Crippen LogP) is 0.337. The van der Waals surface area contributed by atoms with Crippen LogP contribution < -0.4 is 5.32 Å². The summed E-state index contributed by atoms with van der Waals surface area (Å²) in [5.41, 5.74) is 0. The van der Waals surface area contributed by atoms with E-state index in [4.69, 9.17) is 0 Å². The van der Waals surface area contributed by atoms with Crippen LogP contribution in [0.15, 0.2) is 17.8 Å². The maximum Gasteiger partial charge on any atom is 0.127 e. The summed E-state index contributed by atoms with van der Waals surface area (Å²) in [6.07, 6.45) is 2.60. The number of hydrogen-bond donors (Lipinski definition) is 1. The van der Waals surface area contributed by atoms with Gasteiger partial charge in [-0.1, -0.05) is 6.58 Å². The van der Waals surface area contributed by atoms with Gasteiger partial charge in [0.15, 0.2) is 0 Å². The molecule has 0 atom stereocenters. The van der Waals surface area contributed by atoms with E-state index in [0.29, 0.717) is 12.3 Å². The highest BCUT2D eigenvalue weighted by Crippen LogP contribution is 1.76. The zero-order valence-corrected chi connectivity index (χ0v) is 5.42. The van der Waals surface area contributed by atoms with Crippen LogP contribution in [0.25, 0.3) is 0 Å². The summed E-state index contributed by atoms with van der Waals surface area (Å²) < 4.78 is 0. The first kappa shape index (κ1) is 7.88. The molecule has 3 heteroatoms. The summed E-state index contributed by atoms with van der Waals surface area (Å²) in [6.45, 7) is 3.42. The molecule has 0 radical (unpaired) electrons. The largest absolute Gasteiger partial charge is 0.351 e. The van der Waals surface area contributed by atoms with Gasteiger partial charge in [-0.3, -0.25) is 4.99 Å². The topological polar surface area (TPSA) is 41.5 Å². The summed E-state index contributed by atoms with van der Waals surface area (Å²) in [5, 5.41) is 2.72. The van der Waals surface area contributed by atoms with Crippen LogP contribution in [0.1, 0.15) is 6.42 Å². The molecule has 9 heavy (non-hydrogen) atoms. The summed E-state index contributed by atoms with van der Waals surface area (Å²) >= 11 is 0. The van der Waals surface area contributed by atoms with Crippen molar-refractivity contribution < 1.29 is 4.79 Å². The summed E-state index contributed by atoms with van der Waals surface area (Å²) in [7, 11) is 1.62.